The van der Waals surface area contributed by atoms with Crippen LogP contribution in [0.25, 0.3) is 0 Å². The van der Waals surface area contributed by atoms with Gasteiger partial charge in [0, 0.05) is 19.6 Å². The third-order valence-electron chi connectivity index (χ3n) is 2.39. The van der Waals surface area contributed by atoms with Crippen molar-refractivity contribution in [3.05, 3.63) is 0 Å². The van der Waals surface area contributed by atoms with Crippen molar-refractivity contribution in [2.24, 2.45) is 10.1 Å². The molecule has 6 nitrogen and oxygen atoms in total. The van der Waals surface area contributed by atoms with Crippen LogP contribution in [0.4, 0.5) is 0 Å². The molecule has 0 aromatic heterocycles. The number of nitrogens with zero attached hydrogens (tertiary/aromatic N) is 3. The van der Waals surface area contributed by atoms with Crippen LogP contribution in [0, 0.1) is 0 Å². The van der Waals surface area contributed by atoms with Crippen molar-refractivity contribution in [3.63, 3.8) is 0 Å². The van der Waals surface area contributed by atoms with Crippen LogP contribution in [-0.4, -0.2) is 62.2 Å². The molecular formula is C11H19N3O3. The molecule has 0 N–H and O–H groups in total. The Bertz CT molecular complexity index is 320. The van der Waals surface area contributed by atoms with Crippen LogP contribution in [0.3, 0.4) is 0 Å². The standard InChI is InChI=1S/C11H19N3O3/c1-4-12-10(9(2)13-16-3)11(15)14-5-7-17-8-6-14/h4-8H2,1-3H3. The lowest BCUT2D eigenvalue weighted by Crippen LogP contribution is -2.45. The zero-order valence-electron chi connectivity index (χ0n) is 10.6. The normalized spacial score (nSPS) is 18.2. The van der Waals surface area contributed by atoms with Gasteiger partial charge in [-0.1, -0.05) is 5.16 Å². The summed E-state index contributed by atoms with van der Waals surface area (Å²) in [6.07, 6.45) is 0. The Labute approximate surface area is 101 Å². The number of hydrogen-bond donors (Lipinski definition) is 0. The van der Waals surface area contributed by atoms with Crippen LogP contribution in [0.1, 0.15) is 13.8 Å². The summed E-state index contributed by atoms with van der Waals surface area (Å²) in [5.41, 5.74) is 0.877. The first-order chi connectivity index (χ1) is 8.20. The van der Waals surface area contributed by atoms with Crippen molar-refractivity contribution in [2.45, 2.75) is 13.8 Å². The molecule has 1 fully saturated rings. The van der Waals surface area contributed by atoms with Gasteiger partial charge in [-0.15, -0.1) is 0 Å². The minimum Gasteiger partial charge on any atom is -0.399 e. The van der Waals surface area contributed by atoms with Crippen LogP contribution in [0.15, 0.2) is 10.1 Å². The molecule has 0 aromatic rings. The number of amides is 1. The quantitative estimate of drug-likeness (QED) is 0.526. The van der Waals surface area contributed by atoms with Crippen molar-refractivity contribution in [1.29, 1.82) is 0 Å². The molecule has 1 aliphatic heterocycles. The Morgan fingerprint density at radius 3 is 2.59 bits per heavy atom. The summed E-state index contributed by atoms with van der Waals surface area (Å²) in [7, 11) is 1.45. The van der Waals surface area contributed by atoms with E-state index in [0.717, 1.165) is 0 Å². The molecule has 6 heteroatoms. The zero-order chi connectivity index (χ0) is 12.7. The Balaban J connectivity index is 2.80. The van der Waals surface area contributed by atoms with Gasteiger partial charge in [0.25, 0.3) is 5.91 Å². The highest BCUT2D eigenvalue weighted by Gasteiger charge is 2.23. The third-order valence-corrected chi connectivity index (χ3v) is 2.39. The summed E-state index contributed by atoms with van der Waals surface area (Å²) in [6.45, 7) is 6.49. The summed E-state index contributed by atoms with van der Waals surface area (Å²) in [5, 5.41) is 3.77. The van der Waals surface area contributed by atoms with Crippen molar-refractivity contribution in [3.8, 4) is 0 Å². The van der Waals surface area contributed by atoms with E-state index in [-0.39, 0.29) is 5.91 Å². The van der Waals surface area contributed by atoms with Crippen LogP contribution in [-0.2, 0) is 14.4 Å². The summed E-state index contributed by atoms with van der Waals surface area (Å²) < 4.78 is 5.21. The van der Waals surface area contributed by atoms with Gasteiger partial charge in [-0.2, -0.15) is 0 Å². The molecule has 0 bridgehead atoms. The van der Waals surface area contributed by atoms with E-state index in [9.17, 15) is 4.79 Å². The van der Waals surface area contributed by atoms with Gasteiger partial charge in [0.1, 0.15) is 18.5 Å². The van der Waals surface area contributed by atoms with Gasteiger partial charge >= 0.3 is 0 Å². The Kier molecular flexibility index (Phi) is 5.62. The second-order valence-corrected chi connectivity index (χ2v) is 3.59. The van der Waals surface area contributed by atoms with E-state index in [1.54, 1.807) is 11.8 Å². The summed E-state index contributed by atoms with van der Waals surface area (Å²) in [6, 6.07) is 0. The van der Waals surface area contributed by atoms with Crippen molar-refractivity contribution in [1.82, 2.24) is 4.90 Å². The molecule has 0 spiro atoms. The zero-order valence-corrected chi connectivity index (χ0v) is 10.6. The molecule has 1 rings (SSSR count). The molecule has 0 aromatic carbocycles. The molecule has 0 saturated carbocycles. The van der Waals surface area contributed by atoms with Crippen molar-refractivity contribution in [2.75, 3.05) is 40.0 Å². The van der Waals surface area contributed by atoms with E-state index in [1.165, 1.54) is 7.11 Å². The number of oxime groups is 1. The smallest absolute Gasteiger partial charge is 0.274 e. The SMILES string of the molecule is CCN=C(C(=O)N1CCOCC1)C(C)=NOC. The average molecular weight is 241 g/mol. The Hall–Kier alpha value is -1.43. The lowest BCUT2D eigenvalue weighted by atomic mass is 10.2. The molecule has 0 unspecified atom stereocenters. The largest absolute Gasteiger partial charge is 0.399 e. The second-order valence-electron chi connectivity index (χ2n) is 3.59. The monoisotopic (exact) mass is 241 g/mol. The first kappa shape index (κ1) is 13.6. The summed E-state index contributed by atoms with van der Waals surface area (Å²) in [4.78, 5) is 22.8. The number of hydrogen-bond acceptors (Lipinski definition) is 5. The fourth-order valence-corrected chi connectivity index (χ4v) is 1.59. The molecule has 0 radical (unpaired) electrons. The van der Waals surface area contributed by atoms with Gasteiger partial charge in [0.15, 0.2) is 0 Å². The van der Waals surface area contributed by atoms with Gasteiger partial charge in [-0.05, 0) is 13.8 Å². The van der Waals surface area contributed by atoms with Gasteiger partial charge in [-0.3, -0.25) is 9.79 Å². The highest BCUT2D eigenvalue weighted by atomic mass is 16.6. The highest BCUT2D eigenvalue weighted by molar-refractivity contribution is 6.66. The average Bonchev–Trinajstić information content (AvgIpc) is 2.36. The maximum Gasteiger partial charge on any atom is 0.274 e. The molecular weight excluding hydrogens is 222 g/mol. The summed E-state index contributed by atoms with van der Waals surface area (Å²) in [5.74, 6) is -0.103. The lowest BCUT2D eigenvalue weighted by molar-refractivity contribution is -0.127. The van der Waals surface area contributed by atoms with Crippen molar-refractivity contribution >= 4 is 17.3 Å². The van der Waals surface area contributed by atoms with E-state index in [0.29, 0.717) is 44.3 Å². The van der Waals surface area contributed by atoms with E-state index in [1.807, 2.05) is 6.92 Å². The van der Waals surface area contributed by atoms with Gasteiger partial charge in [0.05, 0.1) is 13.2 Å². The number of morpholine rings is 1. The minimum absolute atomic E-state index is 0.103. The molecule has 0 atom stereocenters. The van der Waals surface area contributed by atoms with Crippen molar-refractivity contribution < 1.29 is 14.4 Å². The third kappa shape index (κ3) is 3.81. The second kappa shape index (κ2) is 7.01. The van der Waals surface area contributed by atoms with E-state index < -0.39 is 0 Å². The predicted octanol–water partition coefficient (Wildman–Crippen LogP) is 0.328. The maximum absolute atomic E-state index is 12.2. The number of aliphatic imine (C=N–C) groups is 1. The molecule has 17 heavy (non-hydrogen) atoms. The topological polar surface area (TPSA) is 63.5 Å². The van der Waals surface area contributed by atoms with Gasteiger partial charge < -0.3 is 14.5 Å². The fraction of sp³-hybridized carbons (Fsp3) is 0.727. The van der Waals surface area contributed by atoms with E-state index in [4.69, 9.17) is 4.74 Å². The molecule has 1 heterocycles. The molecule has 1 aliphatic rings. The van der Waals surface area contributed by atoms with Crippen LogP contribution < -0.4 is 0 Å². The first-order valence-corrected chi connectivity index (χ1v) is 5.70. The molecule has 96 valence electrons. The van der Waals surface area contributed by atoms with Crippen LogP contribution in [0.2, 0.25) is 0 Å². The predicted molar refractivity (Wildman–Crippen MR) is 65.5 cm³/mol. The molecule has 1 amide bonds. The maximum atomic E-state index is 12.2. The number of carbonyl (C=O) groups is 1. The molecule has 0 aliphatic carbocycles. The Morgan fingerprint density at radius 2 is 2.06 bits per heavy atom. The number of carbonyl (C=O) groups excluding carboxylic acids is 1. The number of rotatable bonds is 4. The lowest BCUT2D eigenvalue weighted by Gasteiger charge is -2.27. The summed E-state index contributed by atoms with van der Waals surface area (Å²) >= 11 is 0. The fourth-order valence-electron chi connectivity index (χ4n) is 1.59. The van der Waals surface area contributed by atoms with Crippen LogP contribution in [0.5, 0.6) is 0 Å². The molecule has 1 saturated heterocycles. The highest BCUT2D eigenvalue weighted by Crippen LogP contribution is 2.01. The van der Waals surface area contributed by atoms with Crippen LogP contribution >= 0.6 is 0 Å². The first-order valence-electron chi connectivity index (χ1n) is 5.70. The Morgan fingerprint density at radius 1 is 1.41 bits per heavy atom. The number of ether oxygens (including phenoxy) is 1. The van der Waals surface area contributed by atoms with E-state index >= 15 is 0 Å². The minimum atomic E-state index is -0.103. The van der Waals surface area contributed by atoms with Gasteiger partial charge in [0.2, 0.25) is 0 Å². The van der Waals surface area contributed by atoms with E-state index in [2.05, 4.69) is 15.0 Å². The van der Waals surface area contributed by atoms with Gasteiger partial charge in [-0.25, -0.2) is 0 Å².